The van der Waals surface area contributed by atoms with Crippen molar-refractivity contribution in [2.45, 2.75) is 6.92 Å². The fraction of sp³-hybridized carbons (Fsp3) is 0.286. The number of likely N-dealkylation sites (N-methyl/N-ethyl adjacent to an activating group) is 1. The topological polar surface area (TPSA) is 53.4 Å². The fourth-order valence-electron chi connectivity index (χ4n) is 1.77. The number of carbonyl (C=O) groups is 1. The summed E-state index contributed by atoms with van der Waals surface area (Å²) in [4.78, 5) is 18.7. The van der Waals surface area contributed by atoms with E-state index in [1.807, 2.05) is 37.3 Å². The van der Waals surface area contributed by atoms with Crippen LogP contribution in [0.25, 0.3) is 10.6 Å². The van der Waals surface area contributed by atoms with Crippen molar-refractivity contribution in [2.75, 3.05) is 19.7 Å². The molecule has 0 unspecified atom stereocenters. The van der Waals surface area contributed by atoms with Gasteiger partial charge in [-0.15, -0.1) is 11.3 Å². The lowest BCUT2D eigenvalue weighted by atomic mass is 10.2. The third-order valence-electron chi connectivity index (χ3n) is 2.78. The summed E-state index contributed by atoms with van der Waals surface area (Å²) in [5.74, 6) is -0.0729. The van der Waals surface area contributed by atoms with E-state index in [2.05, 4.69) is 4.98 Å². The number of rotatable bonds is 5. The highest BCUT2D eigenvalue weighted by Crippen LogP contribution is 2.25. The van der Waals surface area contributed by atoms with Gasteiger partial charge in [0.15, 0.2) is 0 Å². The number of carbonyl (C=O) groups excluding carboxylic acids is 1. The number of thiazole rings is 1. The minimum absolute atomic E-state index is 0.0239. The summed E-state index contributed by atoms with van der Waals surface area (Å²) in [6.07, 6.45) is 1.61. The molecule has 0 aliphatic carbocycles. The van der Waals surface area contributed by atoms with Crippen LogP contribution in [-0.2, 0) is 0 Å². The highest BCUT2D eigenvalue weighted by molar-refractivity contribution is 7.16. The van der Waals surface area contributed by atoms with Crippen LogP contribution in [-0.4, -0.2) is 40.6 Å². The monoisotopic (exact) mass is 276 g/mol. The molecule has 0 saturated carbocycles. The lowest BCUT2D eigenvalue weighted by Crippen LogP contribution is -2.32. The second-order valence-electron chi connectivity index (χ2n) is 4.00. The molecule has 0 aliphatic rings. The molecule has 1 N–H and O–H groups in total. The number of aliphatic hydroxyl groups excluding tert-OH is 1. The smallest absolute Gasteiger partial charge is 0.265 e. The van der Waals surface area contributed by atoms with E-state index in [1.54, 1.807) is 11.1 Å². The molecule has 0 atom stereocenters. The van der Waals surface area contributed by atoms with Gasteiger partial charge < -0.3 is 10.0 Å². The maximum atomic E-state index is 12.2. The van der Waals surface area contributed by atoms with Gasteiger partial charge in [-0.3, -0.25) is 4.79 Å². The average Bonchev–Trinajstić information content (AvgIpc) is 2.95. The van der Waals surface area contributed by atoms with Crippen molar-refractivity contribution >= 4 is 17.2 Å². The molecule has 1 amide bonds. The Labute approximate surface area is 116 Å². The van der Waals surface area contributed by atoms with E-state index in [4.69, 9.17) is 5.11 Å². The number of amides is 1. The lowest BCUT2D eigenvalue weighted by Gasteiger charge is -2.18. The summed E-state index contributed by atoms with van der Waals surface area (Å²) >= 11 is 1.38. The maximum absolute atomic E-state index is 12.2. The van der Waals surface area contributed by atoms with Crippen LogP contribution in [0.5, 0.6) is 0 Å². The van der Waals surface area contributed by atoms with Gasteiger partial charge in [0.2, 0.25) is 0 Å². The molecule has 19 heavy (non-hydrogen) atoms. The number of aliphatic hydroxyl groups is 1. The molecule has 0 spiro atoms. The first kappa shape index (κ1) is 13.7. The molecule has 0 fully saturated rings. The second-order valence-corrected chi connectivity index (χ2v) is 5.03. The first-order valence-corrected chi connectivity index (χ1v) is 6.99. The van der Waals surface area contributed by atoms with Gasteiger partial charge in [-0.1, -0.05) is 30.3 Å². The Kier molecular flexibility index (Phi) is 4.65. The Balaban J connectivity index is 2.19. The van der Waals surface area contributed by atoms with Crippen molar-refractivity contribution in [2.24, 2.45) is 0 Å². The predicted octanol–water partition coefficient (Wildman–Crippen LogP) is 2.26. The molecular formula is C14H16N2O2S. The molecule has 2 aromatic rings. The Morgan fingerprint density at radius 3 is 2.74 bits per heavy atom. The minimum Gasteiger partial charge on any atom is -0.395 e. The summed E-state index contributed by atoms with van der Waals surface area (Å²) < 4.78 is 0. The first-order valence-electron chi connectivity index (χ1n) is 6.17. The predicted molar refractivity (Wildman–Crippen MR) is 76.2 cm³/mol. The third-order valence-corrected chi connectivity index (χ3v) is 3.81. The van der Waals surface area contributed by atoms with Crippen molar-refractivity contribution in [3.63, 3.8) is 0 Å². The molecule has 1 aromatic carbocycles. The van der Waals surface area contributed by atoms with Gasteiger partial charge in [-0.2, -0.15) is 0 Å². The minimum atomic E-state index is -0.0729. The lowest BCUT2D eigenvalue weighted by molar-refractivity contribution is 0.0736. The average molecular weight is 276 g/mol. The Bertz CT molecular complexity index is 539. The number of benzene rings is 1. The van der Waals surface area contributed by atoms with Crippen molar-refractivity contribution in [1.29, 1.82) is 0 Å². The van der Waals surface area contributed by atoms with Crippen LogP contribution in [0.4, 0.5) is 0 Å². The van der Waals surface area contributed by atoms with Crippen LogP contribution >= 0.6 is 11.3 Å². The van der Waals surface area contributed by atoms with Gasteiger partial charge in [0.1, 0.15) is 9.88 Å². The van der Waals surface area contributed by atoms with E-state index in [-0.39, 0.29) is 12.5 Å². The first-order chi connectivity index (χ1) is 9.26. The van der Waals surface area contributed by atoms with Crippen LogP contribution in [0.1, 0.15) is 16.6 Å². The quantitative estimate of drug-likeness (QED) is 0.911. The zero-order chi connectivity index (χ0) is 13.7. The molecule has 0 radical (unpaired) electrons. The summed E-state index contributed by atoms with van der Waals surface area (Å²) in [7, 11) is 0. The van der Waals surface area contributed by atoms with Crippen LogP contribution in [0.15, 0.2) is 36.5 Å². The highest BCUT2D eigenvalue weighted by atomic mass is 32.1. The third kappa shape index (κ3) is 3.19. The Hall–Kier alpha value is -1.72. The highest BCUT2D eigenvalue weighted by Gasteiger charge is 2.17. The standard InChI is InChI=1S/C14H16N2O2S/c1-2-16(8-9-17)14(18)12-10-15-13(19-12)11-6-4-3-5-7-11/h3-7,10,17H,2,8-9H2,1H3. The largest absolute Gasteiger partial charge is 0.395 e. The summed E-state index contributed by atoms with van der Waals surface area (Å²) in [6.45, 7) is 2.81. The number of nitrogens with zero attached hydrogens (tertiary/aromatic N) is 2. The number of hydrogen-bond acceptors (Lipinski definition) is 4. The number of aromatic nitrogens is 1. The molecular weight excluding hydrogens is 260 g/mol. The van der Waals surface area contributed by atoms with Crippen molar-refractivity contribution < 1.29 is 9.90 Å². The molecule has 0 saturated heterocycles. The maximum Gasteiger partial charge on any atom is 0.265 e. The van der Waals surface area contributed by atoms with Crippen molar-refractivity contribution in [3.8, 4) is 10.6 Å². The van der Waals surface area contributed by atoms with E-state index >= 15 is 0 Å². The summed E-state index contributed by atoms with van der Waals surface area (Å²) in [6, 6.07) is 9.78. The van der Waals surface area contributed by atoms with Crippen LogP contribution in [0, 0.1) is 0 Å². The van der Waals surface area contributed by atoms with Gasteiger partial charge in [0.05, 0.1) is 12.8 Å². The Morgan fingerprint density at radius 1 is 1.37 bits per heavy atom. The molecule has 2 rings (SSSR count). The molecule has 4 nitrogen and oxygen atoms in total. The normalized spacial score (nSPS) is 10.4. The van der Waals surface area contributed by atoms with Crippen LogP contribution in [0.2, 0.25) is 0 Å². The molecule has 1 heterocycles. The van der Waals surface area contributed by atoms with E-state index < -0.39 is 0 Å². The molecule has 5 heteroatoms. The van der Waals surface area contributed by atoms with Gasteiger partial charge in [0, 0.05) is 18.7 Å². The van der Waals surface area contributed by atoms with Gasteiger partial charge in [0.25, 0.3) is 5.91 Å². The van der Waals surface area contributed by atoms with Gasteiger partial charge in [-0.05, 0) is 6.92 Å². The molecule has 0 aliphatic heterocycles. The van der Waals surface area contributed by atoms with Crippen molar-refractivity contribution in [3.05, 3.63) is 41.4 Å². The van der Waals surface area contributed by atoms with E-state index in [9.17, 15) is 4.79 Å². The van der Waals surface area contributed by atoms with Crippen molar-refractivity contribution in [1.82, 2.24) is 9.88 Å². The summed E-state index contributed by atoms with van der Waals surface area (Å²) in [5, 5.41) is 9.78. The van der Waals surface area contributed by atoms with Crippen LogP contribution in [0.3, 0.4) is 0 Å². The number of hydrogen-bond donors (Lipinski definition) is 1. The van der Waals surface area contributed by atoms with Crippen LogP contribution < -0.4 is 0 Å². The van der Waals surface area contributed by atoms with E-state index in [1.165, 1.54) is 11.3 Å². The zero-order valence-electron chi connectivity index (χ0n) is 10.7. The van der Waals surface area contributed by atoms with E-state index in [0.717, 1.165) is 10.6 Å². The zero-order valence-corrected chi connectivity index (χ0v) is 11.6. The van der Waals surface area contributed by atoms with E-state index in [0.29, 0.717) is 18.0 Å². The SMILES string of the molecule is CCN(CCO)C(=O)c1cnc(-c2ccccc2)s1. The fourth-order valence-corrected chi connectivity index (χ4v) is 2.66. The van der Waals surface area contributed by atoms with Gasteiger partial charge >= 0.3 is 0 Å². The van der Waals surface area contributed by atoms with Gasteiger partial charge in [-0.25, -0.2) is 4.98 Å². The summed E-state index contributed by atoms with van der Waals surface area (Å²) in [5.41, 5.74) is 1.01. The second kappa shape index (κ2) is 6.45. The molecule has 100 valence electrons. The Morgan fingerprint density at radius 2 is 2.11 bits per heavy atom. The molecule has 1 aromatic heterocycles. The molecule has 0 bridgehead atoms.